The fraction of sp³-hybridized carbons (Fsp3) is 0.500. The zero-order chi connectivity index (χ0) is 14.3. The van der Waals surface area contributed by atoms with Crippen molar-refractivity contribution in [3.8, 4) is 0 Å². The molecule has 4 heteroatoms. The summed E-state index contributed by atoms with van der Waals surface area (Å²) in [5, 5.41) is 7.25. The number of fused-ring (bicyclic) bond motifs is 1. The minimum atomic E-state index is -0.0304. The van der Waals surface area contributed by atoms with Gasteiger partial charge in [0, 0.05) is 12.5 Å². The number of nitrogens with one attached hydrogen (secondary N) is 2. The first-order chi connectivity index (χ1) is 9.46. The molecule has 1 aliphatic carbocycles. The van der Waals surface area contributed by atoms with Gasteiger partial charge in [0.1, 0.15) is 5.78 Å². The van der Waals surface area contributed by atoms with E-state index >= 15 is 0 Å². The first-order valence-electron chi connectivity index (χ1n) is 7.11. The van der Waals surface area contributed by atoms with Gasteiger partial charge in [0.25, 0.3) is 0 Å². The van der Waals surface area contributed by atoms with Crippen LogP contribution in [0.15, 0.2) is 30.3 Å². The average molecular weight is 288 g/mol. The summed E-state index contributed by atoms with van der Waals surface area (Å²) >= 11 is 5.33. The molecule has 106 valence electrons. The van der Waals surface area contributed by atoms with Crippen LogP contribution in [0.25, 0.3) is 0 Å². The normalized spacial score (nSPS) is 32.0. The summed E-state index contributed by atoms with van der Waals surface area (Å²) in [5.41, 5.74) is 1.19. The van der Waals surface area contributed by atoms with Gasteiger partial charge in [-0.15, -0.1) is 0 Å². The molecule has 0 bridgehead atoms. The predicted octanol–water partition coefficient (Wildman–Crippen LogP) is 2.58. The third-order valence-corrected chi connectivity index (χ3v) is 4.59. The van der Waals surface area contributed by atoms with Crippen molar-refractivity contribution in [2.75, 3.05) is 0 Å². The summed E-state index contributed by atoms with van der Waals surface area (Å²) in [6.45, 7) is 4.32. The van der Waals surface area contributed by atoms with Crippen molar-refractivity contribution in [3.63, 3.8) is 0 Å². The van der Waals surface area contributed by atoms with Crippen LogP contribution in [-0.2, 0) is 4.79 Å². The number of hydrogen-bond donors (Lipinski definition) is 2. The molecule has 2 fully saturated rings. The van der Waals surface area contributed by atoms with Crippen molar-refractivity contribution < 1.29 is 4.79 Å². The van der Waals surface area contributed by atoms with Crippen molar-refractivity contribution in [3.05, 3.63) is 35.9 Å². The maximum absolute atomic E-state index is 12.6. The first kappa shape index (κ1) is 13.6. The van der Waals surface area contributed by atoms with Crippen LogP contribution in [0.3, 0.4) is 0 Å². The second kappa shape index (κ2) is 4.85. The topological polar surface area (TPSA) is 41.1 Å². The Morgan fingerprint density at radius 1 is 1.20 bits per heavy atom. The second-order valence-electron chi connectivity index (χ2n) is 6.65. The smallest absolute Gasteiger partial charge is 0.167 e. The van der Waals surface area contributed by atoms with Crippen molar-refractivity contribution >= 4 is 23.1 Å². The lowest BCUT2D eigenvalue weighted by Crippen LogP contribution is -2.61. The van der Waals surface area contributed by atoms with E-state index in [0.29, 0.717) is 17.3 Å². The third kappa shape index (κ3) is 2.44. The van der Waals surface area contributed by atoms with Crippen LogP contribution < -0.4 is 10.6 Å². The molecule has 1 heterocycles. The van der Waals surface area contributed by atoms with Gasteiger partial charge in [0.15, 0.2) is 5.11 Å². The SMILES string of the molecule is CC1(C)CC(=O)[C@H]2[C@@H](c3ccccc3)NC(=S)N[C@@H]2C1. The molecule has 0 radical (unpaired) electrons. The molecule has 2 aliphatic rings. The molecule has 3 rings (SSSR count). The van der Waals surface area contributed by atoms with E-state index in [4.69, 9.17) is 12.2 Å². The van der Waals surface area contributed by atoms with E-state index in [-0.39, 0.29) is 23.4 Å². The molecule has 3 atom stereocenters. The van der Waals surface area contributed by atoms with E-state index in [9.17, 15) is 4.79 Å². The lowest BCUT2D eigenvalue weighted by atomic mass is 9.66. The number of thiocarbonyl (C=S) groups is 1. The maximum Gasteiger partial charge on any atom is 0.167 e. The van der Waals surface area contributed by atoms with Crippen molar-refractivity contribution in [1.29, 1.82) is 0 Å². The molecular formula is C16H20N2OS. The molecular weight excluding hydrogens is 268 g/mol. The Balaban J connectivity index is 1.95. The van der Waals surface area contributed by atoms with Crippen LogP contribution in [0.2, 0.25) is 0 Å². The predicted molar refractivity (Wildman–Crippen MR) is 83.4 cm³/mol. The molecule has 1 aromatic carbocycles. The standard InChI is InChI=1S/C16H20N2OS/c1-16(2)8-11-13(12(19)9-16)14(18-15(20)17-11)10-6-4-3-5-7-10/h3-7,11,13-14H,8-9H2,1-2H3,(H2,17,18,20)/t11-,13+,14-/m1/s1. The molecule has 0 aromatic heterocycles. The van der Waals surface area contributed by atoms with E-state index in [0.717, 1.165) is 12.0 Å². The number of carbonyl (C=O) groups is 1. The van der Waals surface area contributed by atoms with Crippen LogP contribution in [0.1, 0.15) is 38.3 Å². The lowest BCUT2D eigenvalue weighted by molar-refractivity contribution is -0.130. The van der Waals surface area contributed by atoms with Crippen LogP contribution in [0.4, 0.5) is 0 Å². The fourth-order valence-electron chi connectivity index (χ4n) is 3.56. The summed E-state index contributed by atoms with van der Waals surface area (Å²) < 4.78 is 0. The fourth-order valence-corrected chi connectivity index (χ4v) is 3.84. The molecule has 1 aliphatic heterocycles. The van der Waals surface area contributed by atoms with E-state index in [1.165, 1.54) is 0 Å². The van der Waals surface area contributed by atoms with Crippen LogP contribution in [-0.4, -0.2) is 16.9 Å². The Morgan fingerprint density at radius 2 is 1.90 bits per heavy atom. The summed E-state index contributed by atoms with van der Waals surface area (Å²) in [4.78, 5) is 12.6. The molecule has 1 aromatic rings. The molecule has 0 spiro atoms. The van der Waals surface area contributed by atoms with E-state index < -0.39 is 0 Å². The number of benzene rings is 1. The van der Waals surface area contributed by atoms with Gasteiger partial charge in [-0.3, -0.25) is 4.79 Å². The number of hydrogen-bond acceptors (Lipinski definition) is 2. The highest BCUT2D eigenvalue weighted by molar-refractivity contribution is 7.80. The molecule has 3 nitrogen and oxygen atoms in total. The number of carbonyl (C=O) groups excluding carboxylic acids is 1. The van der Waals surface area contributed by atoms with Gasteiger partial charge >= 0.3 is 0 Å². The lowest BCUT2D eigenvalue weighted by Gasteiger charge is -2.47. The van der Waals surface area contributed by atoms with Gasteiger partial charge in [-0.2, -0.15) is 0 Å². The molecule has 1 saturated heterocycles. The van der Waals surface area contributed by atoms with Crippen LogP contribution in [0.5, 0.6) is 0 Å². The van der Waals surface area contributed by atoms with Gasteiger partial charge in [0.2, 0.25) is 0 Å². The van der Waals surface area contributed by atoms with Gasteiger partial charge < -0.3 is 10.6 Å². The Kier molecular flexibility index (Phi) is 3.28. The summed E-state index contributed by atoms with van der Waals surface area (Å²) in [6.07, 6.45) is 1.63. The van der Waals surface area contributed by atoms with E-state index in [1.54, 1.807) is 0 Å². The zero-order valence-corrected chi connectivity index (χ0v) is 12.7. The Bertz CT molecular complexity index is 541. The number of Topliss-reactive ketones (excluding diaryl/α,β-unsaturated/α-hetero) is 1. The number of rotatable bonds is 1. The van der Waals surface area contributed by atoms with Gasteiger partial charge in [0.05, 0.1) is 12.0 Å². The van der Waals surface area contributed by atoms with E-state index in [1.807, 2.05) is 18.2 Å². The minimum Gasteiger partial charge on any atom is -0.359 e. The largest absolute Gasteiger partial charge is 0.359 e. The summed E-state index contributed by atoms with van der Waals surface area (Å²) in [6, 6.07) is 10.3. The molecule has 1 saturated carbocycles. The highest BCUT2D eigenvalue weighted by Gasteiger charge is 2.47. The quantitative estimate of drug-likeness (QED) is 0.779. The van der Waals surface area contributed by atoms with Crippen LogP contribution >= 0.6 is 12.2 Å². The number of ketones is 1. The summed E-state index contributed by atoms with van der Waals surface area (Å²) in [5.74, 6) is 0.305. The molecule has 20 heavy (non-hydrogen) atoms. The molecule has 0 amide bonds. The van der Waals surface area contributed by atoms with Crippen molar-refractivity contribution in [2.45, 2.75) is 38.8 Å². The second-order valence-corrected chi connectivity index (χ2v) is 7.06. The highest BCUT2D eigenvalue weighted by Crippen LogP contribution is 2.42. The Labute approximate surface area is 125 Å². The Morgan fingerprint density at radius 3 is 2.60 bits per heavy atom. The summed E-state index contributed by atoms with van der Waals surface area (Å²) in [7, 11) is 0. The highest BCUT2D eigenvalue weighted by atomic mass is 32.1. The zero-order valence-electron chi connectivity index (χ0n) is 11.8. The van der Waals surface area contributed by atoms with Gasteiger partial charge in [-0.1, -0.05) is 44.2 Å². The van der Waals surface area contributed by atoms with E-state index in [2.05, 4.69) is 36.6 Å². The minimum absolute atomic E-state index is 0.00134. The van der Waals surface area contributed by atoms with Crippen molar-refractivity contribution in [1.82, 2.24) is 10.6 Å². The first-order valence-corrected chi connectivity index (χ1v) is 7.52. The van der Waals surface area contributed by atoms with Gasteiger partial charge in [-0.05, 0) is 29.6 Å². The Hall–Kier alpha value is -1.42. The molecule has 2 N–H and O–H groups in total. The van der Waals surface area contributed by atoms with Crippen molar-refractivity contribution in [2.24, 2.45) is 11.3 Å². The monoisotopic (exact) mass is 288 g/mol. The van der Waals surface area contributed by atoms with Gasteiger partial charge in [-0.25, -0.2) is 0 Å². The van der Waals surface area contributed by atoms with Crippen LogP contribution in [0, 0.1) is 11.3 Å². The molecule has 0 unspecified atom stereocenters. The maximum atomic E-state index is 12.6. The average Bonchev–Trinajstić information content (AvgIpc) is 2.36. The third-order valence-electron chi connectivity index (χ3n) is 4.35.